The zero-order valence-corrected chi connectivity index (χ0v) is 9.37. The molecule has 0 saturated carbocycles. The second-order valence-corrected chi connectivity index (χ2v) is 4.28. The lowest BCUT2D eigenvalue weighted by Crippen LogP contribution is -2.21. The van der Waals surface area contributed by atoms with Gasteiger partial charge in [-0.1, -0.05) is 20.8 Å². The number of nitrogens with two attached hydrogens (primary N) is 2. The quantitative estimate of drug-likeness (QED) is 0.695. The van der Waals surface area contributed by atoms with Gasteiger partial charge in [-0.3, -0.25) is 9.78 Å². The van der Waals surface area contributed by atoms with Crippen molar-refractivity contribution in [2.45, 2.75) is 33.1 Å². The highest BCUT2D eigenvalue weighted by Gasteiger charge is 2.16. The maximum Gasteiger partial charge on any atom is 0.257 e. The van der Waals surface area contributed by atoms with Crippen LogP contribution in [0.5, 0.6) is 0 Å². The van der Waals surface area contributed by atoms with Gasteiger partial charge >= 0.3 is 0 Å². The molecule has 0 amide bonds. The van der Waals surface area contributed by atoms with Crippen LogP contribution in [0.1, 0.15) is 38.7 Å². The molecule has 0 aliphatic carbocycles. The van der Waals surface area contributed by atoms with Gasteiger partial charge < -0.3 is 11.5 Å². The van der Waals surface area contributed by atoms with Gasteiger partial charge in [-0.15, -0.1) is 0 Å². The molecule has 1 rings (SSSR count). The van der Waals surface area contributed by atoms with Crippen molar-refractivity contribution in [2.75, 3.05) is 11.5 Å². The van der Waals surface area contributed by atoms with E-state index in [1.807, 2.05) is 6.92 Å². The second-order valence-electron chi connectivity index (χ2n) is 4.28. The van der Waals surface area contributed by atoms with Crippen molar-refractivity contribution in [3.8, 4) is 0 Å². The molecule has 0 aliphatic heterocycles. The first-order chi connectivity index (χ1) is 6.91. The van der Waals surface area contributed by atoms with Gasteiger partial charge in [0.05, 0.1) is 5.56 Å². The topological polar surface area (TPSA) is 97.8 Å². The number of aromatic nitrogens is 2. The van der Waals surface area contributed by atoms with Crippen molar-refractivity contribution >= 4 is 11.8 Å². The predicted molar refractivity (Wildman–Crippen MR) is 61.6 cm³/mol. The number of rotatable bonds is 3. The van der Waals surface area contributed by atoms with Gasteiger partial charge in [0.2, 0.25) is 5.95 Å². The second kappa shape index (κ2) is 4.33. The summed E-state index contributed by atoms with van der Waals surface area (Å²) in [6.45, 7) is 6.18. The molecule has 0 aromatic carbocycles. The Labute approximate surface area is 88.9 Å². The summed E-state index contributed by atoms with van der Waals surface area (Å²) in [5.41, 5.74) is 11.4. The van der Waals surface area contributed by atoms with Crippen LogP contribution in [0.25, 0.3) is 0 Å². The Morgan fingerprint density at radius 1 is 1.33 bits per heavy atom. The Bertz CT molecular complexity index is 397. The average molecular weight is 210 g/mol. The molecule has 5 heteroatoms. The fourth-order valence-corrected chi connectivity index (χ4v) is 1.82. The van der Waals surface area contributed by atoms with E-state index in [2.05, 4.69) is 23.8 Å². The van der Waals surface area contributed by atoms with Gasteiger partial charge in [0, 0.05) is 0 Å². The summed E-state index contributed by atoms with van der Waals surface area (Å²) >= 11 is 0. The van der Waals surface area contributed by atoms with E-state index in [0.717, 1.165) is 6.42 Å². The lowest BCUT2D eigenvalue weighted by atomic mass is 9.93. The highest BCUT2D eigenvalue weighted by Crippen LogP contribution is 2.23. The van der Waals surface area contributed by atoms with Gasteiger partial charge in [0.15, 0.2) is 0 Å². The number of nitrogens with one attached hydrogen (secondary N) is 1. The first kappa shape index (κ1) is 11.6. The number of hydrogen-bond donors (Lipinski definition) is 3. The fourth-order valence-electron chi connectivity index (χ4n) is 1.82. The van der Waals surface area contributed by atoms with Crippen LogP contribution in [-0.2, 0) is 0 Å². The third kappa shape index (κ3) is 2.71. The minimum absolute atomic E-state index is 0.0676. The van der Waals surface area contributed by atoms with Crippen molar-refractivity contribution < 1.29 is 0 Å². The largest absolute Gasteiger partial charge is 0.383 e. The van der Waals surface area contributed by atoms with E-state index in [1.165, 1.54) is 0 Å². The highest BCUT2D eigenvalue weighted by molar-refractivity contribution is 5.43. The van der Waals surface area contributed by atoms with Crippen LogP contribution in [0, 0.1) is 5.92 Å². The van der Waals surface area contributed by atoms with Gasteiger partial charge in [0.1, 0.15) is 5.82 Å². The summed E-state index contributed by atoms with van der Waals surface area (Å²) in [6.07, 6.45) is 0.902. The summed E-state index contributed by atoms with van der Waals surface area (Å²) in [4.78, 5) is 18.0. The molecule has 1 atom stereocenters. The first-order valence-corrected chi connectivity index (χ1v) is 5.07. The SMILES string of the molecule is CC(C)CC(C)c1c(N)nc(N)[nH]c1=O. The van der Waals surface area contributed by atoms with Crippen LogP contribution in [0.4, 0.5) is 11.8 Å². The molecule has 0 saturated heterocycles. The molecule has 5 N–H and O–H groups in total. The van der Waals surface area contributed by atoms with E-state index in [4.69, 9.17) is 11.5 Å². The highest BCUT2D eigenvalue weighted by atomic mass is 16.1. The van der Waals surface area contributed by atoms with Crippen LogP contribution in [-0.4, -0.2) is 9.97 Å². The Hall–Kier alpha value is -1.52. The molecule has 0 spiro atoms. The average Bonchev–Trinajstić information content (AvgIpc) is 1.99. The van der Waals surface area contributed by atoms with Crippen LogP contribution < -0.4 is 17.0 Å². The number of nitrogen functional groups attached to an aromatic ring is 2. The van der Waals surface area contributed by atoms with E-state index < -0.39 is 0 Å². The Morgan fingerprint density at radius 3 is 2.40 bits per heavy atom. The molecule has 1 unspecified atom stereocenters. The van der Waals surface area contributed by atoms with Crippen LogP contribution in [0.3, 0.4) is 0 Å². The van der Waals surface area contributed by atoms with Crippen molar-refractivity contribution in [1.29, 1.82) is 0 Å². The maximum atomic E-state index is 11.6. The fraction of sp³-hybridized carbons (Fsp3) is 0.600. The lowest BCUT2D eigenvalue weighted by Gasteiger charge is -2.14. The first-order valence-electron chi connectivity index (χ1n) is 5.07. The summed E-state index contributed by atoms with van der Waals surface area (Å²) in [5.74, 6) is 0.917. The molecule has 15 heavy (non-hydrogen) atoms. The zero-order valence-electron chi connectivity index (χ0n) is 9.37. The molecule has 84 valence electrons. The van der Waals surface area contributed by atoms with Crippen molar-refractivity contribution in [2.24, 2.45) is 5.92 Å². The van der Waals surface area contributed by atoms with Gasteiger partial charge in [-0.05, 0) is 18.3 Å². The molecule has 1 heterocycles. The smallest absolute Gasteiger partial charge is 0.257 e. The Kier molecular flexibility index (Phi) is 3.34. The molecule has 5 nitrogen and oxygen atoms in total. The summed E-state index contributed by atoms with van der Waals surface area (Å²) < 4.78 is 0. The van der Waals surface area contributed by atoms with Crippen molar-refractivity contribution in [3.63, 3.8) is 0 Å². The third-order valence-corrected chi connectivity index (χ3v) is 2.32. The van der Waals surface area contributed by atoms with E-state index in [1.54, 1.807) is 0 Å². The van der Waals surface area contributed by atoms with E-state index in [9.17, 15) is 4.79 Å². The molecule has 0 radical (unpaired) electrons. The molecular weight excluding hydrogens is 192 g/mol. The van der Waals surface area contributed by atoms with E-state index in [-0.39, 0.29) is 23.2 Å². The summed E-state index contributed by atoms with van der Waals surface area (Å²) in [6, 6.07) is 0. The number of anilines is 2. The van der Waals surface area contributed by atoms with Crippen LogP contribution in [0.15, 0.2) is 4.79 Å². The molecular formula is C10H18N4O. The zero-order chi connectivity index (χ0) is 11.6. The lowest BCUT2D eigenvalue weighted by molar-refractivity contribution is 0.521. The van der Waals surface area contributed by atoms with Gasteiger partial charge in [-0.2, -0.15) is 4.98 Å². The van der Waals surface area contributed by atoms with Crippen molar-refractivity contribution in [3.05, 3.63) is 15.9 Å². The van der Waals surface area contributed by atoms with Crippen molar-refractivity contribution in [1.82, 2.24) is 9.97 Å². The molecule has 0 fully saturated rings. The molecule has 0 bridgehead atoms. The Morgan fingerprint density at radius 2 is 1.93 bits per heavy atom. The number of nitrogens with zero attached hydrogens (tertiary/aromatic N) is 1. The molecule has 1 aromatic heterocycles. The normalized spacial score (nSPS) is 13.1. The third-order valence-electron chi connectivity index (χ3n) is 2.32. The van der Waals surface area contributed by atoms with Gasteiger partial charge in [0.25, 0.3) is 5.56 Å². The molecule has 1 aromatic rings. The Balaban J connectivity index is 3.09. The van der Waals surface area contributed by atoms with E-state index >= 15 is 0 Å². The number of hydrogen-bond acceptors (Lipinski definition) is 4. The monoisotopic (exact) mass is 210 g/mol. The number of H-pyrrole nitrogens is 1. The van der Waals surface area contributed by atoms with E-state index in [0.29, 0.717) is 11.5 Å². The summed E-state index contributed by atoms with van der Waals surface area (Å²) in [7, 11) is 0. The van der Waals surface area contributed by atoms with Crippen LogP contribution in [0.2, 0.25) is 0 Å². The minimum Gasteiger partial charge on any atom is -0.383 e. The predicted octanol–water partition coefficient (Wildman–Crippen LogP) is 1.08. The minimum atomic E-state index is -0.229. The van der Waals surface area contributed by atoms with Crippen LogP contribution >= 0.6 is 0 Å². The van der Waals surface area contributed by atoms with Gasteiger partial charge in [-0.25, -0.2) is 0 Å². The molecule has 0 aliphatic rings. The standard InChI is InChI=1S/C10H18N4O/c1-5(2)4-6(3)7-8(11)13-10(12)14-9(7)15/h5-6H,4H2,1-3H3,(H5,11,12,13,14,15). The number of aromatic amines is 1. The summed E-state index contributed by atoms with van der Waals surface area (Å²) in [5, 5.41) is 0. The maximum absolute atomic E-state index is 11.6.